The summed E-state index contributed by atoms with van der Waals surface area (Å²) in [6, 6.07) is 3.49. The second-order valence-electron chi connectivity index (χ2n) is 2.70. The van der Waals surface area contributed by atoms with Gasteiger partial charge in [-0.15, -0.1) is 0 Å². The van der Waals surface area contributed by atoms with Crippen molar-refractivity contribution in [2.24, 2.45) is 0 Å². The van der Waals surface area contributed by atoms with Crippen molar-refractivity contribution in [1.82, 2.24) is 15.0 Å². The van der Waals surface area contributed by atoms with Crippen LogP contribution in [0.15, 0.2) is 35.3 Å². The van der Waals surface area contributed by atoms with Gasteiger partial charge in [-0.3, -0.25) is 9.97 Å². The van der Waals surface area contributed by atoms with Crippen LogP contribution < -0.4 is 5.73 Å². The predicted octanol–water partition coefficient (Wildman–Crippen LogP) is 1.88. The standard InChI is InChI=1S/C9H7BrN4/c10-9-5-13-8(4-14-9)7-3-6(11)1-2-12-7/h1-5H,(H2,11,12). The largest absolute Gasteiger partial charge is 0.399 e. The van der Waals surface area contributed by atoms with Crippen LogP contribution in [0.25, 0.3) is 11.4 Å². The molecule has 0 bridgehead atoms. The Bertz CT molecular complexity index is 441. The van der Waals surface area contributed by atoms with Gasteiger partial charge in [-0.25, -0.2) is 4.98 Å². The molecular weight excluding hydrogens is 244 g/mol. The molecule has 0 radical (unpaired) electrons. The molecule has 0 aliphatic heterocycles. The van der Waals surface area contributed by atoms with Crippen molar-refractivity contribution in [3.8, 4) is 11.4 Å². The van der Waals surface area contributed by atoms with Gasteiger partial charge in [-0.2, -0.15) is 0 Å². The molecule has 2 aromatic heterocycles. The maximum absolute atomic E-state index is 5.63. The molecular formula is C9H7BrN4. The SMILES string of the molecule is Nc1ccnc(-c2cnc(Br)cn2)c1. The number of nitrogens with two attached hydrogens (primary N) is 1. The molecule has 2 N–H and O–H groups in total. The van der Waals surface area contributed by atoms with E-state index in [1.165, 1.54) is 0 Å². The highest BCUT2D eigenvalue weighted by molar-refractivity contribution is 9.10. The highest BCUT2D eigenvalue weighted by Crippen LogP contribution is 2.16. The van der Waals surface area contributed by atoms with E-state index in [0.29, 0.717) is 16.0 Å². The minimum atomic E-state index is 0.666. The maximum Gasteiger partial charge on any atom is 0.124 e. The normalized spacial score (nSPS) is 10.1. The molecule has 0 fully saturated rings. The fourth-order valence-corrected chi connectivity index (χ4v) is 1.24. The summed E-state index contributed by atoms with van der Waals surface area (Å²) in [5.74, 6) is 0. The predicted molar refractivity (Wildman–Crippen MR) is 57.4 cm³/mol. The second-order valence-corrected chi connectivity index (χ2v) is 3.51. The molecule has 4 nitrogen and oxygen atoms in total. The number of aromatic nitrogens is 3. The average molecular weight is 251 g/mol. The molecule has 0 aliphatic carbocycles. The van der Waals surface area contributed by atoms with Crippen LogP contribution in [0.2, 0.25) is 0 Å². The van der Waals surface area contributed by atoms with Gasteiger partial charge in [0.2, 0.25) is 0 Å². The lowest BCUT2D eigenvalue weighted by Crippen LogP contribution is -1.91. The molecule has 0 saturated carbocycles. The van der Waals surface area contributed by atoms with Gasteiger partial charge >= 0.3 is 0 Å². The molecule has 0 amide bonds. The molecule has 0 atom stereocenters. The van der Waals surface area contributed by atoms with E-state index < -0.39 is 0 Å². The summed E-state index contributed by atoms with van der Waals surface area (Å²) in [6.45, 7) is 0. The summed E-state index contributed by atoms with van der Waals surface area (Å²) in [5.41, 5.74) is 7.73. The van der Waals surface area contributed by atoms with Crippen LogP contribution in [0.5, 0.6) is 0 Å². The first-order chi connectivity index (χ1) is 6.75. The van der Waals surface area contributed by atoms with Gasteiger partial charge in [0, 0.05) is 11.9 Å². The molecule has 2 aromatic rings. The van der Waals surface area contributed by atoms with Gasteiger partial charge in [0.05, 0.1) is 18.1 Å². The van der Waals surface area contributed by atoms with Crippen molar-refractivity contribution < 1.29 is 0 Å². The van der Waals surface area contributed by atoms with Crippen LogP contribution in [0.4, 0.5) is 5.69 Å². The third kappa shape index (κ3) is 1.88. The van der Waals surface area contributed by atoms with Crippen molar-refractivity contribution in [1.29, 1.82) is 0 Å². The molecule has 2 rings (SSSR count). The summed E-state index contributed by atoms with van der Waals surface area (Å²) in [4.78, 5) is 12.4. The Kier molecular flexibility index (Phi) is 2.41. The van der Waals surface area contributed by atoms with E-state index in [1.807, 2.05) is 0 Å². The topological polar surface area (TPSA) is 64.7 Å². The van der Waals surface area contributed by atoms with Crippen LogP contribution in [-0.2, 0) is 0 Å². The molecule has 0 aliphatic rings. The van der Waals surface area contributed by atoms with Gasteiger partial charge in [0.25, 0.3) is 0 Å². The van der Waals surface area contributed by atoms with Gasteiger partial charge in [0.15, 0.2) is 0 Å². The highest BCUT2D eigenvalue weighted by atomic mass is 79.9. The highest BCUT2D eigenvalue weighted by Gasteiger charge is 2.01. The minimum absolute atomic E-state index is 0.666. The second kappa shape index (κ2) is 3.71. The number of rotatable bonds is 1. The molecule has 2 heterocycles. The zero-order chi connectivity index (χ0) is 9.97. The Morgan fingerprint density at radius 2 is 1.93 bits per heavy atom. The number of nitrogen functional groups attached to an aromatic ring is 1. The van der Waals surface area contributed by atoms with Crippen LogP contribution in [-0.4, -0.2) is 15.0 Å². The third-order valence-corrected chi connectivity index (χ3v) is 2.08. The lowest BCUT2D eigenvalue weighted by molar-refractivity contribution is 1.15. The van der Waals surface area contributed by atoms with E-state index in [4.69, 9.17) is 5.73 Å². The molecule has 70 valence electrons. The van der Waals surface area contributed by atoms with E-state index in [0.717, 1.165) is 5.69 Å². The average Bonchev–Trinajstić information content (AvgIpc) is 2.19. The Hall–Kier alpha value is -1.49. The lowest BCUT2D eigenvalue weighted by Gasteiger charge is -1.99. The molecule has 5 heteroatoms. The molecule has 0 saturated heterocycles. The molecule has 14 heavy (non-hydrogen) atoms. The van der Waals surface area contributed by atoms with E-state index in [2.05, 4.69) is 30.9 Å². The van der Waals surface area contributed by atoms with Crippen molar-refractivity contribution in [3.05, 3.63) is 35.3 Å². The van der Waals surface area contributed by atoms with Crippen molar-refractivity contribution in [2.75, 3.05) is 5.73 Å². The maximum atomic E-state index is 5.63. The van der Waals surface area contributed by atoms with E-state index in [9.17, 15) is 0 Å². The number of hydrogen-bond acceptors (Lipinski definition) is 4. The summed E-state index contributed by atoms with van der Waals surface area (Å²) < 4.78 is 0.699. The number of nitrogens with zero attached hydrogens (tertiary/aromatic N) is 3. The molecule has 0 aromatic carbocycles. The number of anilines is 1. The Balaban J connectivity index is 2.44. The van der Waals surface area contributed by atoms with Crippen LogP contribution in [0, 0.1) is 0 Å². The van der Waals surface area contributed by atoms with Crippen LogP contribution in [0.1, 0.15) is 0 Å². The summed E-state index contributed by atoms with van der Waals surface area (Å²) in [6.07, 6.45) is 4.92. The fourth-order valence-electron chi connectivity index (χ4n) is 1.03. The first-order valence-corrected chi connectivity index (χ1v) is 4.74. The van der Waals surface area contributed by atoms with Crippen molar-refractivity contribution in [2.45, 2.75) is 0 Å². The zero-order valence-corrected chi connectivity index (χ0v) is 8.77. The first-order valence-electron chi connectivity index (χ1n) is 3.95. The lowest BCUT2D eigenvalue weighted by atomic mass is 10.2. The van der Waals surface area contributed by atoms with E-state index >= 15 is 0 Å². The first kappa shape index (κ1) is 9.08. The summed E-state index contributed by atoms with van der Waals surface area (Å²) in [7, 11) is 0. The number of halogens is 1. The Morgan fingerprint density at radius 3 is 2.57 bits per heavy atom. The van der Waals surface area contributed by atoms with Crippen molar-refractivity contribution >= 4 is 21.6 Å². The Morgan fingerprint density at radius 1 is 1.07 bits per heavy atom. The zero-order valence-electron chi connectivity index (χ0n) is 7.18. The number of pyridine rings is 1. The van der Waals surface area contributed by atoms with Gasteiger partial charge in [-0.05, 0) is 28.1 Å². The van der Waals surface area contributed by atoms with Crippen LogP contribution >= 0.6 is 15.9 Å². The minimum Gasteiger partial charge on any atom is -0.399 e. The molecule has 0 spiro atoms. The quantitative estimate of drug-likeness (QED) is 0.840. The monoisotopic (exact) mass is 250 g/mol. The molecule has 0 unspecified atom stereocenters. The van der Waals surface area contributed by atoms with Gasteiger partial charge < -0.3 is 5.73 Å². The summed E-state index contributed by atoms with van der Waals surface area (Å²) >= 11 is 3.21. The number of hydrogen-bond donors (Lipinski definition) is 1. The smallest absolute Gasteiger partial charge is 0.124 e. The van der Waals surface area contributed by atoms with Crippen LogP contribution in [0.3, 0.4) is 0 Å². The Labute approximate surface area is 89.4 Å². The van der Waals surface area contributed by atoms with E-state index in [1.54, 1.807) is 30.7 Å². The van der Waals surface area contributed by atoms with Gasteiger partial charge in [-0.1, -0.05) is 0 Å². The van der Waals surface area contributed by atoms with Gasteiger partial charge in [0.1, 0.15) is 10.3 Å². The summed E-state index contributed by atoms with van der Waals surface area (Å²) in [5, 5.41) is 0. The fraction of sp³-hybridized carbons (Fsp3) is 0. The van der Waals surface area contributed by atoms with E-state index in [-0.39, 0.29) is 0 Å². The third-order valence-electron chi connectivity index (χ3n) is 1.67. The van der Waals surface area contributed by atoms with Crippen molar-refractivity contribution in [3.63, 3.8) is 0 Å².